The van der Waals surface area contributed by atoms with Crippen molar-refractivity contribution in [2.45, 2.75) is 6.04 Å². The van der Waals surface area contributed by atoms with E-state index in [1.165, 1.54) is 7.11 Å². The molecule has 0 fully saturated rings. The number of carbonyl (C=O) groups excluding carboxylic acids is 1. The number of rotatable bonds is 5. The molecule has 0 heterocycles. The van der Waals surface area contributed by atoms with Crippen molar-refractivity contribution < 1.29 is 19.4 Å². The van der Waals surface area contributed by atoms with Crippen LogP contribution in [-0.2, 0) is 14.3 Å². The van der Waals surface area contributed by atoms with Crippen molar-refractivity contribution in [1.82, 2.24) is 5.32 Å². The first-order chi connectivity index (χ1) is 4.72. The summed E-state index contributed by atoms with van der Waals surface area (Å²) in [6.07, 6.45) is 0.331. The second-order valence-corrected chi connectivity index (χ2v) is 1.63. The molecular weight excluding hydrogens is 138 g/mol. The lowest BCUT2D eigenvalue weighted by molar-refractivity contribution is -0.142. The third-order valence-corrected chi connectivity index (χ3v) is 0.901. The van der Waals surface area contributed by atoms with Gasteiger partial charge in [-0.3, -0.25) is 4.79 Å². The van der Waals surface area contributed by atoms with Crippen molar-refractivity contribution in [3.05, 3.63) is 0 Å². The fraction of sp³-hybridized carbons (Fsp3) is 0.600. The first-order valence-electron chi connectivity index (χ1n) is 2.63. The molecule has 0 bridgehead atoms. The molecule has 5 nitrogen and oxygen atoms in total. The van der Waals surface area contributed by atoms with Gasteiger partial charge >= 0.3 is 5.97 Å². The van der Waals surface area contributed by atoms with Gasteiger partial charge in [-0.05, 0) is 0 Å². The molecule has 0 unspecified atom stereocenters. The van der Waals surface area contributed by atoms with E-state index in [9.17, 15) is 9.59 Å². The van der Waals surface area contributed by atoms with Crippen LogP contribution in [0.3, 0.4) is 0 Å². The third-order valence-electron chi connectivity index (χ3n) is 0.901. The maximum absolute atomic E-state index is 10.2. The predicted octanol–water partition coefficient (Wildman–Crippen LogP) is -1.17. The number of aliphatic carboxylic acids is 1. The van der Waals surface area contributed by atoms with Crippen LogP contribution < -0.4 is 5.32 Å². The highest BCUT2D eigenvalue weighted by molar-refractivity contribution is 5.76. The minimum absolute atomic E-state index is 0.0198. The van der Waals surface area contributed by atoms with Crippen LogP contribution in [0.1, 0.15) is 0 Å². The molecule has 0 saturated heterocycles. The van der Waals surface area contributed by atoms with E-state index < -0.39 is 12.0 Å². The molecule has 0 radical (unpaired) electrons. The normalized spacial score (nSPS) is 12.1. The zero-order chi connectivity index (χ0) is 7.98. The number of hydrogen-bond acceptors (Lipinski definition) is 3. The van der Waals surface area contributed by atoms with Crippen LogP contribution in [0.5, 0.6) is 0 Å². The number of ether oxygens (including phenoxy) is 1. The van der Waals surface area contributed by atoms with Crippen molar-refractivity contribution in [2.75, 3.05) is 13.7 Å². The van der Waals surface area contributed by atoms with Gasteiger partial charge < -0.3 is 15.2 Å². The largest absolute Gasteiger partial charge is 0.480 e. The van der Waals surface area contributed by atoms with Crippen molar-refractivity contribution in [3.63, 3.8) is 0 Å². The minimum Gasteiger partial charge on any atom is -0.480 e. The maximum atomic E-state index is 10.2. The fourth-order valence-corrected chi connectivity index (χ4v) is 0.439. The van der Waals surface area contributed by atoms with E-state index in [4.69, 9.17) is 5.11 Å². The van der Waals surface area contributed by atoms with Crippen molar-refractivity contribution in [2.24, 2.45) is 0 Å². The van der Waals surface area contributed by atoms with Gasteiger partial charge in [0.05, 0.1) is 6.61 Å². The second-order valence-electron chi connectivity index (χ2n) is 1.63. The Morgan fingerprint density at radius 2 is 2.50 bits per heavy atom. The highest BCUT2D eigenvalue weighted by Gasteiger charge is 2.14. The summed E-state index contributed by atoms with van der Waals surface area (Å²) in [5, 5.41) is 10.4. The Bertz CT molecular complexity index is 125. The molecule has 5 heteroatoms. The molecule has 0 aliphatic heterocycles. The molecule has 10 heavy (non-hydrogen) atoms. The van der Waals surface area contributed by atoms with Gasteiger partial charge in [0, 0.05) is 7.11 Å². The summed E-state index contributed by atoms with van der Waals surface area (Å²) >= 11 is 0. The quantitative estimate of drug-likeness (QED) is 0.480. The standard InChI is InChI=1S/C5H9NO4/c1-10-2-4(5(8)9)6-3-7/h3-4H,2H2,1H3,(H,6,7)(H,8,9)/t4-/m0/s1. The van der Waals surface area contributed by atoms with Gasteiger partial charge in [0.2, 0.25) is 6.41 Å². The smallest absolute Gasteiger partial charge is 0.328 e. The third kappa shape index (κ3) is 3.03. The van der Waals surface area contributed by atoms with Gasteiger partial charge in [-0.2, -0.15) is 0 Å². The monoisotopic (exact) mass is 147 g/mol. The molecule has 1 amide bonds. The lowest BCUT2D eigenvalue weighted by atomic mass is 10.3. The van der Waals surface area contributed by atoms with E-state index >= 15 is 0 Å². The SMILES string of the molecule is COC[C@H](NC=O)C(=O)O. The number of nitrogens with one attached hydrogen (secondary N) is 1. The first-order valence-corrected chi connectivity index (χ1v) is 2.63. The molecule has 0 spiro atoms. The average molecular weight is 147 g/mol. The minimum atomic E-state index is -1.10. The Hall–Kier alpha value is -1.10. The molecule has 0 aromatic heterocycles. The number of carboxylic acids is 1. The zero-order valence-electron chi connectivity index (χ0n) is 5.53. The number of methoxy groups -OCH3 is 1. The van der Waals surface area contributed by atoms with Crippen molar-refractivity contribution in [1.29, 1.82) is 0 Å². The molecule has 0 aliphatic rings. The van der Waals surface area contributed by atoms with Gasteiger partial charge in [0.1, 0.15) is 6.04 Å². The topological polar surface area (TPSA) is 75.6 Å². The maximum Gasteiger partial charge on any atom is 0.328 e. The summed E-state index contributed by atoms with van der Waals surface area (Å²) in [5.41, 5.74) is 0. The van der Waals surface area contributed by atoms with Crippen LogP contribution in [-0.4, -0.2) is 37.2 Å². The summed E-state index contributed by atoms with van der Waals surface area (Å²) in [6.45, 7) is -0.0198. The molecular formula is C5H9NO4. The zero-order valence-corrected chi connectivity index (χ0v) is 5.53. The Morgan fingerprint density at radius 1 is 1.90 bits per heavy atom. The molecule has 0 aliphatic carbocycles. The fourth-order valence-electron chi connectivity index (χ4n) is 0.439. The highest BCUT2D eigenvalue weighted by Crippen LogP contribution is 1.82. The Labute approximate surface area is 58.0 Å². The van der Waals surface area contributed by atoms with Gasteiger partial charge in [-0.25, -0.2) is 4.79 Å². The average Bonchev–Trinajstić information content (AvgIpc) is 1.87. The summed E-state index contributed by atoms with van der Waals surface area (Å²) in [4.78, 5) is 19.9. The Kier molecular flexibility index (Phi) is 4.23. The van der Waals surface area contributed by atoms with Gasteiger partial charge in [-0.15, -0.1) is 0 Å². The summed E-state index contributed by atoms with van der Waals surface area (Å²) in [5.74, 6) is -1.10. The van der Waals surface area contributed by atoms with Crippen molar-refractivity contribution >= 4 is 12.4 Å². The Balaban J connectivity index is 3.71. The number of carboxylic acid groups (broad SMARTS) is 1. The second kappa shape index (κ2) is 4.75. The highest BCUT2D eigenvalue weighted by atomic mass is 16.5. The van der Waals surface area contributed by atoms with Crippen LogP contribution in [0.15, 0.2) is 0 Å². The van der Waals surface area contributed by atoms with E-state index in [-0.39, 0.29) is 6.61 Å². The van der Waals surface area contributed by atoms with Crippen LogP contribution in [0.4, 0.5) is 0 Å². The summed E-state index contributed by atoms with van der Waals surface area (Å²) in [7, 11) is 1.36. The predicted molar refractivity (Wildman–Crippen MR) is 32.5 cm³/mol. The van der Waals surface area contributed by atoms with Gasteiger partial charge in [0.25, 0.3) is 0 Å². The number of amides is 1. The lowest BCUT2D eigenvalue weighted by Gasteiger charge is -2.07. The molecule has 0 aromatic carbocycles. The molecule has 0 aromatic rings. The summed E-state index contributed by atoms with van der Waals surface area (Å²) < 4.78 is 4.52. The number of carbonyl (C=O) groups is 2. The van der Waals surface area contributed by atoms with E-state index in [0.29, 0.717) is 6.41 Å². The molecule has 0 saturated carbocycles. The molecule has 0 rings (SSSR count). The van der Waals surface area contributed by atoms with Crippen LogP contribution in [0, 0.1) is 0 Å². The molecule has 1 atom stereocenters. The van der Waals surface area contributed by atoms with Crippen LogP contribution in [0.25, 0.3) is 0 Å². The van der Waals surface area contributed by atoms with Gasteiger partial charge in [-0.1, -0.05) is 0 Å². The van der Waals surface area contributed by atoms with Crippen molar-refractivity contribution in [3.8, 4) is 0 Å². The van der Waals surface area contributed by atoms with E-state index in [1.807, 2.05) is 0 Å². The van der Waals surface area contributed by atoms with Crippen LogP contribution >= 0.6 is 0 Å². The number of hydrogen-bond donors (Lipinski definition) is 2. The van der Waals surface area contributed by atoms with E-state index in [0.717, 1.165) is 0 Å². The van der Waals surface area contributed by atoms with Gasteiger partial charge in [0.15, 0.2) is 0 Å². The summed E-state index contributed by atoms with van der Waals surface area (Å²) in [6, 6.07) is -0.942. The molecule has 2 N–H and O–H groups in total. The first kappa shape index (κ1) is 8.90. The lowest BCUT2D eigenvalue weighted by Crippen LogP contribution is -2.39. The van der Waals surface area contributed by atoms with Crippen LogP contribution in [0.2, 0.25) is 0 Å². The van der Waals surface area contributed by atoms with E-state index in [2.05, 4.69) is 10.1 Å². The van der Waals surface area contributed by atoms with E-state index in [1.54, 1.807) is 0 Å². The molecule has 58 valence electrons. The Morgan fingerprint density at radius 3 is 2.80 bits per heavy atom.